The SMILES string of the molecule is CCOc1ccc(N2C(=O)CN(Cc3ccccc3Cl)C3CS(=O)(=O)CC32)cc1. The first-order chi connectivity index (χ1) is 13.9. The Hall–Kier alpha value is -2.09. The fourth-order valence-corrected chi connectivity index (χ4v) is 6.36. The first kappa shape index (κ1) is 20.2. The molecule has 0 spiro atoms. The second-order valence-electron chi connectivity index (χ2n) is 7.40. The minimum Gasteiger partial charge on any atom is -0.494 e. The maximum atomic E-state index is 13.1. The van der Waals surface area contributed by atoms with Gasteiger partial charge in [0, 0.05) is 23.3 Å². The van der Waals surface area contributed by atoms with Crippen molar-refractivity contribution in [1.82, 2.24) is 4.90 Å². The number of anilines is 1. The largest absolute Gasteiger partial charge is 0.494 e. The van der Waals surface area contributed by atoms with E-state index < -0.39 is 15.9 Å². The van der Waals surface area contributed by atoms with Gasteiger partial charge in [-0.25, -0.2) is 8.42 Å². The number of carbonyl (C=O) groups excluding carboxylic acids is 1. The minimum atomic E-state index is -3.24. The van der Waals surface area contributed by atoms with Crippen molar-refractivity contribution < 1.29 is 17.9 Å². The third-order valence-corrected chi connectivity index (χ3v) is 7.53. The second-order valence-corrected chi connectivity index (χ2v) is 9.96. The average molecular weight is 435 g/mol. The van der Waals surface area contributed by atoms with Crippen molar-refractivity contribution in [3.8, 4) is 5.75 Å². The third kappa shape index (κ3) is 4.13. The summed E-state index contributed by atoms with van der Waals surface area (Å²) >= 11 is 6.29. The van der Waals surface area contributed by atoms with Crippen LogP contribution in [0.5, 0.6) is 5.75 Å². The third-order valence-electron chi connectivity index (χ3n) is 5.46. The lowest BCUT2D eigenvalue weighted by Gasteiger charge is -2.43. The summed E-state index contributed by atoms with van der Waals surface area (Å²) in [4.78, 5) is 16.7. The Morgan fingerprint density at radius 2 is 1.76 bits per heavy atom. The van der Waals surface area contributed by atoms with Crippen molar-refractivity contribution in [2.75, 3.05) is 29.6 Å². The van der Waals surface area contributed by atoms with Crippen LogP contribution in [-0.4, -0.2) is 56.0 Å². The van der Waals surface area contributed by atoms with Crippen LogP contribution in [0.3, 0.4) is 0 Å². The Bertz CT molecular complexity index is 1010. The number of carbonyl (C=O) groups is 1. The van der Waals surface area contributed by atoms with Gasteiger partial charge in [0.1, 0.15) is 5.75 Å². The summed E-state index contributed by atoms with van der Waals surface area (Å²) in [7, 11) is -3.24. The van der Waals surface area contributed by atoms with Crippen molar-refractivity contribution in [3.05, 3.63) is 59.1 Å². The molecule has 8 heteroatoms. The quantitative estimate of drug-likeness (QED) is 0.723. The molecule has 0 radical (unpaired) electrons. The molecule has 2 heterocycles. The summed E-state index contributed by atoms with van der Waals surface area (Å²) in [6, 6.07) is 14.0. The van der Waals surface area contributed by atoms with Gasteiger partial charge in [0.05, 0.1) is 30.7 Å². The lowest BCUT2D eigenvalue weighted by molar-refractivity contribution is -0.123. The predicted octanol–water partition coefficient (Wildman–Crippen LogP) is 2.75. The monoisotopic (exact) mass is 434 g/mol. The molecule has 1 amide bonds. The molecular formula is C21H23ClN2O4S. The number of fused-ring (bicyclic) bond motifs is 1. The molecule has 2 fully saturated rings. The van der Waals surface area contributed by atoms with E-state index in [1.807, 2.05) is 42.2 Å². The fourth-order valence-electron chi connectivity index (χ4n) is 4.18. The van der Waals surface area contributed by atoms with Crippen LogP contribution >= 0.6 is 11.6 Å². The van der Waals surface area contributed by atoms with Crippen LogP contribution in [0.2, 0.25) is 5.02 Å². The van der Waals surface area contributed by atoms with Crippen molar-refractivity contribution >= 4 is 33.0 Å². The summed E-state index contributed by atoms with van der Waals surface area (Å²) in [6.07, 6.45) is 0. The molecule has 2 aromatic carbocycles. The minimum absolute atomic E-state index is 0.0321. The number of ether oxygens (including phenoxy) is 1. The topological polar surface area (TPSA) is 66.9 Å². The molecule has 2 saturated heterocycles. The van der Waals surface area contributed by atoms with E-state index in [0.29, 0.717) is 23.9 Å². The fraction of sp³-hybridized carbons (Fsp3) is 0.381. The lowest BCUT2D eigenvalue weighted by Crippen LogP contribution is -2.61. The molecule has 0 saturated carbocycles. The van der Waals surface area contributed by atoms with Crippen LogP contribution in [0, 0.1) is 0 Å². The van der Waals surface area contributed by atoms with Gasteiger partial charge in [-0.05, 0) is 42.8 Å². The van der Waals surface area contributed by atoms with Gasteiger partial charge in [-0.2, -0.15) is 0 Å². The number of halogens is 1. The van der Waals surface area contributed by atoms with Gasteiger partial charge in [-0.15, -0.1) is 0 Å². The van der Waals surface area contributed by atoms with Gasteiger partial charge < -0.3 is 9.64 Å². The van der Waals surface area contributed by atoms with Crippen LogP contribution in [0.4, 0.5) is 5.69 Å². The standard InChI is InChI=1S/C21H23ClN2O4S/c1-2-28-17-9-7-16(8-10-17)24-20-14-29(26,27)13-19(20)23(12-21(24)25)11-15-5-3-4-6-18(15)22/h3-10,19-20H,2,11-14H2,1H3. The summed E-state index contributed by atoms with van der Waals surface area (Å²) in [5.74, 6) is 0.620. The molecule has 0 aromatic heterocycles. The Kier molecular flexibility index (Phi) is 5.55. The van der Waals surface area contributed by atoms with Gasteiger partial charge in [0.15, 0.2) is 9.84 Å². The molecule has 154 valence electrons. The number of nitrogens with zero attached hydrogens (tertiary/aromatic N) is 2. The number of hydrogen-bond donors (Lipinski definition) is 0. The highest BCUT2D eigenvalue weighted by Gasteiger charge is 2.49. The van der Waals surface area contributed by atoms with E-state index in [2.05, 4.69) is 0 Å². The first-order valence-electron chi connectivity index (χ1n) is 9.61. The van der Waals surface area contributed by atoms with E-state index >= 15 is 0 Å². The van der Waals surface area contributed by atoms with Gasteiger partial charge in [0.2, 0.25) is 5.91 Å². The second kappa shape index (κ2) is 7.97. The van der Waals surface area contributed by atoms with E-state index in [0.717, 1.165) is 11.3 Å². The zero-order chi connectivity index (χ0) is 20.6. The first-order valence-corrected chi connectivity index (χ1v) is 11.8. The van der Waals surface area contributed by atoms with Crippen molar-refractivity contribution in [1.29, 1.82) is 0 Å². The summed E-state index contributed by atoms with van der Waals surface area (Å²) in [5.41, 5.74) is 1.59. The van der Waals surface area contributed by atoms with Gasteiger partial charge in [0.25, 0.3) is 0 Å². The molecule has 2 aromatic rings. The molecule has 6 nitrogen and oxygen atoms in total. The van der Waals surface area contributed by atoms with Crippen molar-refractivity contribution in [2.45, 2.75) is 25.6 Å². The zero-order valence-electron chi connectivity index (χ0n) is 16.1. The van der Waals surface area contributed by atoms with E-state index in [4.69, 9.17) is 16.3 Å². The molecule has 2 aliphatic rings. The van der Waals surface area contributed by atoms with E-state index in [1.165, 1.54) is 0 Å². The smallest absolute Gasteiger partial charge is 0.241 e. The van der Waals surface area contributed by atoms with Crippen LogP contribution in [0.1, 0.15) is 12.5 Å². The lowest BCUT2D eigenvalue weighted by atomic mass is 10.0. The van der Waals surface area contributed by atoms with Crippen molar-refractivity contribution in [2.24, 2.45) is 0 Å². The maximum Gasteiger partial charge on any atom is 0.241 e. The Labute approximate surface area is 175 Å². The molecule has 2 unspecified atom stereocenters. The molecule has 0 aliphatic carbocycles. The van der Waals surface area contributed by atoms with Crippen molar-refractivity contribution in [3.63, 3.8) is 0 Å². The highest BCUT2D eigenvalue weighted by Crippen LogP contribution is 2.33. The zero-order valence-corrected chi connectivity index (χ0v) is 17.7. The Balaban J connectivity index is 1.64. The number of amides is 1. The van der Waals surface area contributed by atoms with Gasteiger partial charge in [-0.1, -0.05) is 29.8 Å². The number of hydrogen-bond acceptors (Lipinski definition) is 5. The molecule has 4 rings (SSSR count). The molecule has 2 aliphatic heterocycles. The van der Waals surface area contributed by atoms with E-state index in [9.17, 15) is 13.2 Å². The summed E-state index contributed by atoms with van der Waals surface area (Å²) < 4.78 is 30.4. The summed E-state index contributed by atoms with van der Waals surface area (Å²) in [5, 5.41) is 0.617. The number of rotatable bonds is 5. The molecule has 2 atom stereocenters. The van der Waals surface area contributed by atoms with Crippen LogP contribution in [-0.2, 0) is 21.2 Å². The Morgan fingerprint density at radius 3 is 2.45 bits per heavy atom. The number of benzene rings is 2. The predicted molar refractivity (Wildman–Crippen MR) is 113 cm³/mol. The highest BCUT2D eigenvalue weighted by molar-refractivity contribution is 7.91. The maximum absolute atomic E-state index is 13.1. The molecule has 29 heavy (non-hydrogen) atoms. The van der Waals surface area contributed by atoms with Crippen LogP contribution < -0.4 is 9.64 Å². The number of piperazine rings is 1. The molecule has 0 bridgehead atoms. The number of sulfone groups is 1. The Morgan fingerprint density at radius 1 is 1.07 bits per heavy atom. The molecule has 0 N–H and O–H groups in total. The normalized spacial score (nSPS) is 23.8. The average Bonchev–Trinajstić information content (AvgIpc) is 3.00. The summed E-state index contributed by atoms with van der Waals surface area (Å²) in [6.45, 7) is 3.06. The highest BCUT2D eigenvalue weighted by atomic mass is 35.5. The van der Waals surface area contributed by atoms with Gasteiger partial charge >= 0.3 is 0 Å². The molecular weight excluding hydrogens is 412 g/mol. The van der Waals surface area contributed by atoms with Crippen LogP contribution in [0.15, 0.2) is 48.5 Å². The van der Waals surface area contributed by atoms with E-state index in [-0.39, 0.29) is 30.0 Å². The van der Waals surface area contributed by atoms with E-state index in [1.54, 1.807) is 23.1 Å². The van der Waals surface area contributed by atoms with Gasteiger partial charge in [-0.3, -0.25) is 9.69 Å². The van der Waals surface area contributed by atoms with Crippen LogP contribution in [0.25, 0.3) is 0 Å².